The number of hydrogen-bond donors (Lipinski definition) is 1. The lowest BCUT2D eigenvalue weighted by Crippen LogP contribution is -2.26. The molecule has 26 heavy (non-hydrogen) atoms. The third kappa shape index (κ3) is 5.61. The van der Waals surface area contributed by atoms with Gasteiger partial charge in [0.25, 0.3) is 0 Å². The average molecular weight is 413 g/mol. The fourth-order valence-electron chi connectivity index (χ4n) is 2.99. The van der Waals surface area contributed by atoms with Gasteiger partial charge in [0.15, 0.2) is 0 Å². The van der Waals surface area contributed by atoms with Gasteiger partial charge in [-0.3, -0.25) is 0 Å². The van der Waals surface area contributed by atoms with E-state index in [1.54, 1.807) is 11.1 Å². The molecule has 1 N–H and O–H groups in total. The first-order valence-electron chi connectivity index (χ1n) is 8.51. The average Bonchev–Trinajstić information content (AvgIpc) is 2.57. The zero-order chi connectivity index (χ0) is 19.7. The number of rotatable bonds is 6. The van der Waals surface area contributed by atoms with E-state index in [1.807, 2.05) is 18.2 Å². The minimum absolute atomic E-state index is 0.0610. The summed E-state index contributed by atoms with van der Waals surface area (Å²) in [5.41, 5.74) is 2.65. The monoisotopic (exact) mass is 412 g/mol. The Morgan fingerprint density at radius 2 is 2.08 bits per heavy atom. The van der Waals surface area contributed by atoms with Gasteiger partial charge in [-0.1, -0.05) is 55.4 Å². The van der Waals surface area contributed by atoms with Crippen molar-refractivity contribution in [3.05, 3.63) is 70.0 Å². The second-order valence-electron chi connectivity index (χ2n) is 7.23. The van der Waals surface area contributed by atoms with Crippen molar-refractivity contribution in [3.8, 4) is 12.1 Å². The predicted molar refractivity (Wildman–Crippen MR) is 110 cm³/mol. The normalized spacial score (nSPS) is 18.8. The van der Waals surface area contributed by atoms with Gasteiger partial charge in [-0.15, -0.1) is 0 Å². The maximum Gasteiger partial charge on any atom is 0.105 e. The molecule has 0 radical (unpaired) electrons. The predicted octanol–water partition coefficient (Wildman–Crippen LogP) is 6.57. The quantitative estimate of drug-likeness (QED) is 0.396. The van der Waals surface area contributed by atoms with Crippen LogP contribution in [0.4, 0.5) is 0 Å². The summed E-state index contributed by atoms with van der Waals surface area (Å²) in [7, 11) is 0. The molecule has 1 aliphatic rings. The minimum atomic E-state index is -0.131. The Balaban J connectivity index is 3.47. The number of hydrogen-bond acceptors (Lipinski definition) is 3. The molecule has 1 atom stereocenters. The fraction of sp³-hybridized carbons (Fsp3) is 0.364. The molecule has 4 heteroatoms. The van der Waals surface area contributed by atoms with Gasteiger partial charge in [0, 0.05) is 23.6 Å². The topological polar surface area (TPSA) is 67.8 Å². The van der Waals surface area contributed by atoms with Crippen LogP contribution in [-0.4, -0.2) is 5.11 Å². The summed E-state index contributed by atoms with van der Waals surface area (Å²) < 4.78 is 0. The Bertz CT molecular complexity index is 774. The highest BCUT2D eigenvalue weighted by molar-refractivity contribution is 9.11. The van der Waals surface area contributed by atoms with E-state index in [1.165, 1.54) is 12.2 Å². The maximum atomic E-state index is 11.1. The number of aliphatic hydroxyl groups excluding tert-OH is 1. The van der Waals surface area contributed by atoms with E-state index in [9.17, 15) is 10.4 Å². The molecule has 1 rings (SSSR count). The van der Waals surface area contributed by atoms with Crippen LogP contribution in [-0.2, 0) is 0 Å². The first-order chi connectivity index (χ1) is 12.3. The number of nitrogens with zero attached hydrogens (tertiary/aromatic N) is 2. The number of allylic oxidation sites excluding steroid dienone is 10. The Morgan fingerprint density at radius 3 is 2.62 bits per heavy atom. The van der Waals surface area contributed by atoms with Crippen molar-refractivity contribution in [3.63, 3.8) is 0 Å². The van der Waals surface area contributed by atoms with Gasteiger partial charge in [0.2, 0.25) is 0 Å². The van der Waals surface area contributed by atoms with Crippen LogP contribution in [0.25, 0.3) is 0 Å². The molecule has 0 aromatic heterocycles. The van der Waals surface area contributed by atoms with Gasteiger partial charge in [-0.2, -0.15) is 10.5 Å². The number of aliphatic hydroxyl groups is 1. The summed E-state index contributed by atoms with van der Waals surface area (Å²) in [6.45, 7) is 10.4. The van der Waals surface area contributed by atoms with E-state index < -0.39 is 0 Å². The highest BCUT2D eigenvalue weighted by atomic mass is 79.9. The van der Waals surface area contributed by atoms with Crippen molar-refractivity contribution < 1.29 is 5.11 Å². The summed E-state index contributed by atoms with van der Waals surface area (Å²) >= 11 is 3.25. The molecule has 0 heterocycles. The van der Waals surface area contributed by atoms with Crippen LogP contribution in [0.5, 0.6) is 0 Å². The molecule has 0 aliphatic heterocycles. The third-order valence-electron chi connectivity index (χ3n) is 4.39. The lowest BCUT2D eigenvalue weighted by Gasteiger charge is -2.34. The van der Waals surface area contributed by atoms with Crippen molar-refractivity contribution in [2.45, 2.75) is 40.0 Å². The lowest BCUT2D eigenvalue weighted by atomic mass is 9.71. The Labute approximate surface area is 165 Å². The van der Waals surface area contributed by atoms with Gasteiger partial charge in [-0.05, 0) is 52.5 Å². The Hall–Kier alpha value is -2.30. The van der Waals surface area contributed by atoms with Crippen LogP contribution >= 0.6 is 15.9 Å². The smallest absolute Gasteiger partial charge is 0.105 e. The van der Waals surface area contributed by atoms with Crippen molar-refractivity contribution in [2.24, 2.45) is 11.3 Å². The molecular weight excluding hydrogens is 388 g/mol. The molecule has 1 aliphatic carbocycles. The molecular formula is C22H25BrN2O. The van der Waals surface area contributed by atoms with Crippen LogP contribution < -0.4 is 0 Å². The molecule has 0 bridgehead atoms. The molecule has 0 fully saturated rings. The first kappa shape index (κ1) is 21.7. The van der Waals surface area contributed by atoms with Crippen LogP contribution in [0, 0.1) is 34.0 Å². The van der Waals surface area contributed by atoms with Gasteiger partial charge in [0.05, 0.1) is 12.1 Å². The molecule has 0 amide bonds. The first-order valence-corrected chi connectivity index (χ1v) is 9.42. The maximum absolute atomic E-state index is 11.1. The SMILES string of the molecule is C=C(CC/C=C/Br)/C(=C\C#N)C1=C(O)C(C(C)(C)C)CC=C1/C=C/C#N. The zero-order valence-corrected chi connectivity index (χ0v) is 17.2. The van der Waals surface area contributed by atoms with Gasteiger partial charge >= 0.3 is 0 Å². The van der Waals surface area contributed by atoms with E-state index >= 15 is 0 Å². The molecule has 1 unspecified atom stereocenters. The van der Waals surface area contributed by atoms with Crippen molar-refractivity contribution in [1.82, 2.24) is 0 Å². The number of halogens is 1. The van der Waals surface area contributed by atoms with Gasteiger partial charge in [0.1, 0.15) is 5.76 Å². The molecule has 0 aromatic carbocycles. The highest BCUT2D eigenvalue weighted by Gasteiger charge is 2.33. The summed E-state index contributed by atoms with van der Waals surface area (Å²) in [5, 5.41) is 29.2. The zero-order valence-electron chi connectivity index (χ0n) is 15.6. The van der Waals surface area contributed by atoms with E-state index in [4.69, 9.17) is 5.26 Å². The highest BCUT2D eigenvalue weighted by Crippen LogP contribution is 2.43. The minimum Gasteiger partial charge on any atom is -0.511 e. The lowest BCUT2D eigenvalue weighted by molar-refractivity contribution is 0.197. The second kappa shape index (κ2) is 10.00. The van der Waals surface area contributed by atoms with Crippen LogP contribution in [0.3, 0.4) is 0 Å². The van der Waals surface area contributed by atoms with Crippen LogP contribution in [0.15, 0.2) is 70.0 Å². The summed E-state index contributed by atoms with van der Waals surface area (Å²) in [4.78, 5) is 1.79. The molecule has 0 spiro atoms. The third-order valence-corrected chi connectivity index (χ3v) is 4.77. The summed E-state index contributed by atoms with van der Waals surface area (Å²) in [6.07, 6.45) is 10.6. The molecule has 0 aromatic rings. The molecule has 3 nitrogen and oxygen atoms in total. The number of nitriles is 2. The van der Waals surface area contributed by atoms with E-state index in [0.29, 0.717) is 24.0 Å². The Kier molecular flexibility index (Phi) is 8.36. The van der Waals surface area contributed by atoms with Crippen LogP contribution in [0.1, 0.15) is 40.0 Å². The van der Waals surface area contributed by atoms with E-state index in [0.717, 1.165) is 17.6 Å². The Morgan fingerprint density at radius 1 is 1.38 bits per heavy atom. The molecule has 136 valence electrons. The van der Waals surface area contributed by atoms with Crippen molar-refractivity contribution in [1.29, 1.82) is 10.5 Å². The molecule has 0 saturated carbocycles. The summed E-state index contributed by atoms with van der Waals surface area (Å²) in [5.74, 6) is 0.199. The fourth-order valence-corrected chi connectivity index (χ4v) is 3.25. The standard InChI is InChI=1S/C22H25BrN2O/c1-16(8-5-6-13-23)18(12-15-25)20-17(9-7-14-24)10-11-19(21(20)26)22(2,3)4/h6-7,9-10,12-13,19,26H,1,5,8,11H2,2-4H3/b9-7+,13-6+,18-12+. The van der Waals surface area contributed by atoms with Crippen LogP contribution in [0.2, 0.25) is 0 Å². The van der Waals surface area contributed by atoms with Crippen molar-refractivity contribution in [2.75, 3.05) is 0 Å². The summed E-state index contributed by atoms with van der Waals surface area (Å²) in [6, 6.07) is 4.06. The molecule has 0 saturated heterocycles. The van der Waals surface area contributed by atoms with E-state index in [2.05, 4.69) is 49.3 Å². The largest absolute Gasteiger partial charge is 0.511 e. The second-order valence-corrected chi connectivity index (χ2v) is 7.76. The van der Waals surface area contributed by atoms with Gasteiger partial charge in [-0.25, -0.2) is 0 Å². The van der Waals surface area contributed by atoms with Crippen molar-refractivity contribution >= 4 is 15.9 Å². The van der Waals surface area contributed by atoms with E-state index in [-0.39, 0.29) is 17.1 Å². The van der Waals surface area contributed by atoms with Gasteiger partial charge < -0.3 is 5.11 Å².